The fourth-order valence-corrected chi connectivity index (χ4v) is 7.58. The van der Waals surface area contributed by atoms with Crippen molar-refractivity contribution in [2.75, 3.05) is 26.2 Å². The highest BCUT2D eigenvalue weighted by Gasteiger charge is 2.43. The van der Waals surface area contributed by atoms with Gasteiger partial charge in [0.2, 0.25) is 0 Å². The molecule has 0 atom stereocenters. The van der Waals surface area contributed by atoms with E-state index in [1.54, 1.807) is 29.7 Å². The van der Waals surface area contributed by atoms with Gasteiger partial charge in [0, 0.05) is 55.3 Å². The molecule has 0 aliphatic carbocycles. The topological polar surface area (TPSA) is 89.7 Å². The number of hydrogen-bond acceptors (Lipinski definition) is 5. The van der Waals surface area contributed by atoms with Gasteiger partial charge in [-0.25, -0.2) is 9.97 Å². The Labute approximate surface area is 240 Å². The van der Waals surface area contributed by atoms with Gasteiger partial charge in [-0.3, -0.25) is 4.79 Å². The molecule has 8 nitrogen and oxygen atoms in total. The fraction of sp³-hybridized carbons (Fsp3) is 0.452. The van der Waals surface area contributed by atoms with Crippen molar-refractivity contribution in [1.82, 2.24) is 30.2 Å². The number of likely N-dealkylation sites (tertiary alicyclic amines) is 1. The SMILES string of the molecule is Cc1ccsc1C[N+]1(Cc2ccc(C(=O)N(Cc3ncc[nH]3)Cc3ncc[nH]3)cc2)CCC2(CCCNC2)CC1. The summed E-state index contributed by atoms with van der Waals surface area (Å²) in [4.78, 5) is 31.8. The molecular formula is C31H40N7OS+. The molecule has 0 bridgehead atoms. The first-order valence-electron chi connectivity index (χ1n) is 14.5. The number of aromatic amines is 2. The molecule has 2 fully saturated rings. The zero-order valence-electron chi connectivity index (χ0n) is 23.4. The number of H-pyrrole nitrogens is 2. The van der Waals surface area contributed by atoms with Crippen LogP contribution in [0, 0.1) is 12.3 Å². The van der Waals surface area contributed by atoms with E-state index in [4.69, 9.17) is 0 Å². The third-order valence-electron chi connectivity index (χ3n) is 9.04. The second-order valence-corrected chi connectivity index (χ2v) is 12.8. The van der Waals surface area contributed by atoms with Gasteiger partial charge in [-0.2, -0.15) is 0 Å². The molecule has 2 aliphatic rings. The molecule has 0 unspecified atom stereocenters. The first kappa shape index (κ1) is 26.9. The number of amides is 1. The summed E-state index contributed by atoms with van der Waals surface area (Å²) in [7, 11) is 0. The van der Waals surface area contributed by atoms with Gasteiger partial charge in [0.15, 0.2) is 0 Å². The van der Waals surface area contributed by atoms with E-state index in [1.165, 1.54) is 67.9 Å². The van der Waals surface area contributed by atoms with Crippen LogP contribution in [0.15, 0.2) is 60.5 Å². The summed E-state index contributed by atoms with van der Waals surface area (Å²) in [5, 5.41) is 5.91. The van der Waals surface area contributed by atoms with Crippen LogP contribution in [-0.2, 0) is 26.2 Å². The minimum Gasteiger partial charge on any atom is -0.347 e. The Kier molecular flexibility index (Phi) is 7.87. The van der Waals surface area contributed by atoms with Crippen molar-refractivity contribution in [2.24, 2.45) is 5.41 Å². The maximum absolute atomic E-state index is 13.6. The fourth-order valence-electron chi connectivity index (χ4n) is 6.54. The van der Waals surface area contributed by atoms with Gasteiger partial charge in [0.1, 0.15) is 24.7 Å². The van der Waals surface area contributed by atoms with Crippen LogP contribution < -0.4 is 5.32 Å². The Morgan fingerprint density at radius 3 is 2.23 bits per heavy atom. The molecule has 1 aromatic carbocycles. The van der Waals surface area contributed by atoms with E-state index >= 15 is 0 Å². The van der Waals surface area contributed by atoms with Crippen LogP contribution in [0.25, 0.3) is 0 Å². The Hall–Kier alpha value is -3.27. The number of imidazole rings is 2. The summed E-state index contributed by atoms with van der Waals surface area (Å²) >= 11 is 1.90. The van der Waals surface area contributed by atoms with Crippen LogP contribution in [0.1, 0.15) is 63.7 Å². The largest absolute Gasteiger partial charge is 0.347 e. The lowest BCUT2D eigenvalue weighted by molar-refractivity contribution is -0.959. The smallest absolute Gasteiger partial charge is 0.254 e. The quantitative estimate of drug-likeness (QED) is 0.252. The van der Waals surface area contributed by atoms with Crippen molar-refractivity contribution in [1.29, 1.82) is 0 Å². The Morgan fingerprint density at radius 1 is 0.975 bits per heavy atom. The number of nitrogens with zero attached hydrogens (tertiary/aromatic N) is 4. The van der Waals surface area contributed by atoms with Crippen molar-refractivity contribution in [3.63, 3.8) is 0 Å². The highest BCUT2D eigenvalue weighted by molar-refractivity contribution is 7.10. The van der Waals surface area contributed by atoms with Crippen molar-refractivity contribution in [2.45, 2.75) is 58.8 Å². The molecule has 4 aromatic rings. The summed E-state index contributed by atoms with van der Waals surface area (Å²) < 4.78 is 1.10. The molecule has 210 valence electrons. The van der Waals surface area contributed by atoms with Gasteiger partial charge in [-0.1, -0.05) is 12.1 Å². The molecule has 3 aromatic heterocycles. The van der Waals surface area contributed by atoms with E-state index in [2.05, 4.69) is 55.8 Å². The van der Waals surface area contributed by atoms with E-state index in [1.807, 2.05) is 23.5 Å². The van der Waals surface area contributed by atoms with Crippen LogP contribution in [0.3, 0.4) is 0 Å². The highest BCUT2D eigenvalue weighted by Crippen LogP contribution is 2.42. The van der Waals surface area contributed by atoms with Gasteiger partial charge >= 0.3 is 0 Å². The van der Waals surface area contributed by atoms with Gasteiger partial charge in [-0.05, 0) is 60.9 Å². The molecule has 2 aliphatic heterocycles. The van der Waals surface area contributed by atoms with Gasteiger partial charge in [0.25, 0.3) is 5.91 Å². The van der Waals surface area contributed by atoms with Crippen molar-refractivity contribution in [3.8, 4) is 0 Å². The van der Waals surface area contributed by atoms with E-state index in [0.717, 1.165) is 29.2 Å². The average Bonchev–Trinajstić information content (AvgIpc) is 3.76. The molecule has 1 spiro atoms. The Morgan fingerprint density at radius 2 is 1.68 bits per heavy atom. The lowest BCUT2D eigenvalue weighted by Gasteiger charge is -2.50. The second kappa shape index (κ2) is 11.7. The zero-order valence-corrected chi connectivity index (χ0v) is 24.2. The molecule has 3 N–H and O–H groups in total. The normalized spacial score (nSPS) is 22.9. The third kappa shape index (κ3) is 6.06. The van der Waals surface area contributed by atoms with Crippen LogP contribution >= 0.6 is 11.3 Å². The Bertz CT molecular complexity index is 1330. The third-order valence-corrected chi connectivity index (χ3v) is 10.0. The number of rotatable bonds is 9. The monoisotopic (exact) mass is 558 g/mol. The maximum atomic E-state index is 13.6. The van der Waals surface area contributed by atoms with Gasteiger partial charge in [-0.15, -0.1) is 11.3 Å². The number of aryl methyl sites for hydroxylation is 1. The van der Waals surface area contributed by atoms with Gasteiger partial charge in [0.05, 0.1) is 31.1 Å². The zero-order chi connectivity index (χ0) is 27.4. The summed E-state index contributed by atoms with van der Waals surface area (Å²) in [6, 6.07) is 10.6. The number of aromatic nitrogens is 4. The molecule has 40 heavy (non-hydrogen) atoms. The van der Waals surface area contributed by atoms with Gasteiger partial charge < -0.3 is 24.7 Å². The van der Waals surface area contributed by atoms with Crippen LogP contribution in [0.4, 0.5) is 0 Å². The second-order valence-electron chi connectivity index (χ2n) is 11.8. The summed E-state index contributed by atoms with van der Waals surface area (Å²) in [6.07, 6.45) is 12.2. The molecule has 2 saturated heterocycles. The number of piperidine rings is 2. The lowest BCUT2D eigenvalue weighted by atomic mass is 9.72. The van der Waals surface area contributed by atoms with Crippen molar-refractivity contribution < 1.29 is 9.28 Å². The van der Waals surface area contributed by atoms with E-state index in [-0.39, 0.29) is 5.91 Å². The van der Waals surface area contributed by atoms with Crippen LogP contribution in [0.5, 0.6) is 0 Å². The summed E-state index contributed by atoms with van der Waals surface area (Å²) in [5.41, 5.74) is 3.88. The van der Waals surface area contributed by atoms with Crippen LogP contribution in [0.2, 0.25) is 0 Å². The number of quaternary nitrogens is 1. The van der Waals surface area contributed by atoms with Crippen LogP contribution in [-0.4, -0.2) is 61.4 Å². The predicted molar refractivity (Wildman–Crippen MR) is 157 cm³/mol. The Balaban J connectivity index is 1.19. The molecule has 6 rings (SSSR count). The molecule has 9 heteroatoms. The average molecular weight is 559 g/mol. The number of carbonyl (C=O) groups is 1. The number of hydrogen-bond donors (Lipinski definition) is 3. The number of thiophene rings is 1. The molecular weight excluding hydrogens is 518 g/mol. The lowest BCUT2D eigenvalue weighted by Crippen LogP contribution is -2.56. The van der Waals surface area contributed by atoms with E-state index in [9.17, 15) is 4.79 Å². The first-order chi connectivity index (χ1) is 19.5. The van der Waals surface area contributed by atoms with Crippen molar-refractivity contribution in [3.05, 3.63) is 93.7 Å². The minimum absolute atomic E-state index is 0.0258. The molecule has 0 radical (unpaired) electrons. The predicted octanol–water partition coefficient (Wildman–Crippen LogP) is 5.03. The van der Waals surface area contributed by atoms with E-state index in [0.29, 0.717) is 24.1 Å². The summed E-state index contributed by atoms with van der Waals surface area (Å²) in [5.74, 6) is 1.48. The summed E-state index contributed by atoms with van der Waals surface area (Å²) in [6.45, 7) is 9.88. The number of carbonyl (C=O) groups excluding carboxylic acids is 1. The minimum atomic E-state index is -0.0258. The van der Waals surface area contributed by atoms with Crippen molar-refractivity contribution >= 4 is 17.2 Å². The standard InChI is InChI=1S/C31H40N7OS/c1-24-7-18-40-27(24)22-38(16-9-31(10-17-38)8-2-11-32-23-31)21-25-3-5-26(6-4-25)30(39)37(19-28-33-12-13-34-28)20-29-35-14-15-36-29/h3-7,12-15,18,32H,2,8-11,16-17,19-23H2,1H3,(H,33,34)(H,35,36)/q+1. The maximum Gasteiger partial charge on any atom is 0.254 e. The molecule has 0 saturated carbocycles. The number of benzene rings is 1. The van der Waals surface area contributed by atoms with E-state index < -0.39 is 0 Å². The molecule has 1 amide bonds. The highest BCUT2D eigenvalue weighted by atomic mass is 32.1. The molecule has 5 heterocycles. The number of nitrogens with one attached hydrogen (secondary N) is 3. The first-order valence-corrected chi connectivity index (χ1v) is 15.3.